The number of rotatable bonds is 3. The molecule has 0 fully saturated rings. The Hall–Kier alpha value is -2.15. The van der Waals surface area contributed by atoms with Gasteiger partial charge >= 0.3 is 0 Å². The van der Waals surface area contributed by atoms with Crippen molar-refractivity contribution in [3.8, 4) is 5.75 Å². The van der Waals surface area contributed by atoms with Crippen LogP contribution in [-0.4, -0.2) is 22.1 Å². The number of hydrogen-bond donors (Lipinski definition) is 0. The number of fused-ring (bicyclic) bond motifs is 1. The fraction of sp³-hybridized carbons (Fsp3) is 0.250. The van der Waals surface area contributed by atoms with Crippen molar-refractivity contribution in [3.63, 3.8) is 0 Å². The van der Waals surface area contributed by atoms with Gasteiger partial charge in [0.25, 0.3) is 10.0 Å². The zero-order valence-electron chi connectivity index (χ0n) is 12.4. The van der Waals surface area contributed by atoms with Crippen LogP contribution in [0, 0.1) is 11.6 Å². The zero-order chi connectivity index (χ0) is 16.6. The van der Waals surface area contributed by atoms with Gasteiger partial charge in [-0.1, -0.05) is 6.07 Å². The minimum absolute atomic E-state index is 0.00908. The summed E-state index contributed by atoms with van der Waals surface area (Å²) in [5, 5.41) is 0. The van der Waals surface area contributed by atoms with Crippen LogP contribution in [0.4, 0.5) is 14.5 Å². The number of aryl methyl sites for hydroxylation is 1. The number of anilines is 1. The number of methoxy groups -OCH3 is 1. The molecule has 0 aromatic heterocycles. The summed E-state index contributed by atoms with van der Waals surface area (Å²) in [6.07, 6.45) is 1.06. The van der Waals surface area contributed by atoms with E-state index in [0.717, 1.165) is 10.4 Å². The summed E-state index contributed by atoms with van der Waals surface area (Å²) in [4.78, 5) is 0.00908. The number of halogens is 2. The monoisotopic (exact) mass is 339 g/mol. The van der Waals surface area contributed by atoms with Crippen LogP contribution in [0.25, 0.3) is 0 Å². The highest BCUT2D eigenvalue weighted by Gasteiger charge is 2.32. The summed E-state index contributed by atoms with van der Waals surface area (Å²) in [7, 11) is -2.49. The normalized spacial score (nSPS) is 14.5. The van der Waals surface area contributed by atoms with Gasteiger partial charge in [-0.2, -0.15) is 0 Å². The van der Waals surface area contributed by atoms with Crippen molar-refractivity contribution in [2.75, 3.05) is 18.0 Å². The topological polar surface area (TPSA) is 46.6 Å². The molecule has 2 aromatic carbocycles. The molecular weight excluding hydrogens is 324 g/mol. The average Bonchev–Trinajstić information content (AvgIpc) is 2.58. The van der Waals surface area contributed by atoms with Gasteiger partial charge in [-0.05, 0) is 48.7 Å². The Labute approximate surface area is 133 Å². The van der Waals surface area contributed by atoms with E-state index in [2.05, 4.69) is 0 Å². The van der Waals surface area contributed by atoms with Gasteiger partial charge in [-0.25, -0.2) is 17.2 Å². The van der Waals surface area contributed by atoms with Gasteiger partial charge < -0.3 is 4.74 Å². The standard InChI is InChI=1S/C16H15F2NO3S/c1-22-12-5-7-13(8-6-12)23(20,21)19-10-2-3-11-4-9-14(17)15(18)16(11)19/h4-9H,2-3,10H2,1H3. The van der Waals surface area contributed by atoms with E-state index in [1.54, 1.807) is 0 Å². The molecule has 0 atom stereocenters. The van der Waals surface area contributed by atoms with Crippen LogP contribution in [0.15, 0.2) is 41.3 Å². The van der Waals surface area contributed by atoms with E-state index >= 15 is 0 Å². The average molecular weight is 339 g/mol. The summed E-state index contributed by atoms with van der Waals surface area (Å²) in [5.74, 6) is -1.67. The first-order chi connectivity index (χ1) is 10.9. The summed E-state index contributed by atoms with van der Waals surface area (Å²) >= 11 is 0. The molecule has 2 aromatic rings. The third-order valence-corrected chi connectivity index (χ3v) is 5.67. The molecule has 1 aliphatic heterocycles. The maximum Gasteiger partial charge on any atom is 0.264 e. The highest BCUT2D eigenvalue weighted by molar-refractivity contribution is 7.92. The third kappa shape index (κ3) is 2.65. The molecule has 7 heteroatoms. The minimum atomic E-state index is -3.97. The van der Waals surface area contributed by atoms with E-state index in [1.807, 2.05) is 0 Å². The Bertz CT molecular complexity index is 835. The summed E-state index contributed by atoms with van der Waals surface area (Å²) in [6, 6.07) is 8.26. The number of hydrogen-bond acceptors (Lipinski definition) is 3. The Balaban J connectivity index is 2.10. The lowest BCUT2D eigenvalue weighted by Crippen LogP contribution is -2.36. The second-order valence-electron chi connectivity index (χ2n) is 5.23. The lowest BCUT2D eigenvalue weighted by atomic mass is 10.0. The summed E-state index contributed by atoms with van der Waals surface area (Å²) in [6.45, 7) is 0.113. The molecule has 0 N–H and O–H groups in total. The quantitative estimate of drug-likeness (QED) is 0.863. The van der Waals surface area contributed by atoms with E-state index in [-0.39, 0.29) is 17.1 Å². The number of benzene rings is 2. The van der Waals surface area contributed by atoms with Crippen LogP contribution < -0.4 is 9.04 Å². The molecule has 0 bridgehead atoms. The van der Waals surface area contributed by atoms with Crippen LogP contribution in [0.5, 0.6) is 5.75 Å². The van der Waals surface area contributed by atoms with Gasteiger partial charge in [0, 0.05) is 6.54 Å². The molecule has 1 heterocycles. The Morgan fingerprint density at radius 3 is 2.43 bits per heavy atom. The van der Waals surface area contributed by atoms with E-state index in [0.29, 0.717) is 24.2 Å². The fourth-order valence-corrected chi connectivity index (χ4v) is 4.23. The predicted molar refractivity (Wildman–Crippen MR) is 82.2 cm³/mol. The second-order valence-corrected chi connectivity index (χ2v) is 7.09. The SMILES string of the molecule is COc1ccc(S(=O)(=O)N2CCCc3ccc(F)c(F)c32)cc1. The van der Waals surface area contributed by atoms with Crippen molar-refractivity contribution in [1.29, 1.82) is 0 Å². The zero-order valence-corrected chi connectivity index (χ0v) is 13.2. The molecule has 4 nitrogen and oxygen atoms in total. The van der Waals surface area contributed by atoms with E-state index in [9.17, 15) is 17.2 Å². The molecule has 0 amide bonds. The molecule has 23 heavy (non-hydrogen) atoms. The first-order valence-corrected chi connectivity index (χ1v) is 8.53. The Morgan fingerprint density at radius 1 is 1.09 bits per heavy atom. The first kappa shape index (κ1) is 15.7. The van der Waals surface area contributed by atoms with Crippen LogP contribution >= 0.6 is 0 Å². The molecule has 3 rings (SSSR count). The number of sulfonamides is 1. The predicted octanol–water partition coefficient (Wildman–Crippen LogP) is 3.11. The summed E-state index contributed by atoms with van der Waals surface area (Å²) < 4.78 is 59.3. The second kappa shape index (κ2) is 5.81. The minimum Gasteiger partial charge on any atom is -0.497 e. The molecule has 0 radical (unpaired) electrons. The van der Waals surface area contributed by atoms with Crippen molar-refractivity contribution < 1.29 is 21.9 Å². The van der Waals surface area contributed by atoms with Gasteiger partial charge in [0.05, 0.1) is 17.7 Å². The molecule has 122 valence electrons. The Kier molecular flexibility index (Phi) is 3.97. The van der Waals surface area contributed by atoms with Crippen LogP contribution in [0.2, 0.25) is 0 Å². The molecule has 0 saturated carbocycles. The van der Waals surface area contributed by atoms with Crippen molar-refractivity contribution >= 4 is 15.7 Å². The van der Waals surface area contributed by atoms with Crippen LogP contribution in [0.1, 0.15) is 12.0 Å². The van der Waals surface area contributed by atoms with Gasteiger partial charge in [0.1, 0.15) is 5.75 Å². The first-order valence-electron chi connectivity index (χ1n) is 7.09. The maximum absolute atomic E-state index is 14.2. The van der Waals surface area contributed by atoms with E-state index in [4.69, 9.17) is 4.74 Å². The maximum atomic E-state index is 14.2. The molecule has 0 saturated heterocycles. The lowest BCUT2D eigenvalue weighted by Gasteiger charge is -2.30. The highest BCUT2D eigenvalue weighted by Crippen LogP contribution is 2.35. The molecule has 1 aliphatic rings. The molecular formula is C16H15F2NO3S. The largest absolute Gasteiger partial charge is 0.497 e. The van der Waals surface area contributed by atoms with E-state index in [1.165, 1.54) is 37.4 Å². The highest BCUT2D eigenvalue weighted by atomic mass is 32.2. The fourth-order valence-electron chi connectivity index (χ4n) is 2.69. The molecule has 0 aliphatic carbocycles. The molecule has 0 unspecified atom stereocenters. The van der Waals surface area contributed by atoms with Crippen LogP contribution in [-0.2, 0) is 16.4 Å². The number of nitrogens with zero attached hydrogens (tertiary/aromatic N) is 1. The van der Waals surface area contributed by atoms with Gasteiger partial charge in [0.2, 0.25) is 0 Å². The number of ether oxygens (including phenoxy) is 1. The smallest absolute Gasteiger partial charge is 0.264 e. The van der Waals surface area contributed by atoms with Crippen molar-refractivity contribution in [2.45, 2.75) is 17.7 Å². The lowest BCUT2D eigenvalue weighted by molar-refractivity contribution is 0.414. The molecule has 0 spiro atoms. The van der Waals surface area contributed by atoms with Gasteiger partial charge in [0.15, 0.2) is 11.6 Å². The van der Waals surface area contributed by atoms with E-state index < -0.39 is 21.7 Å². The van der Waals surface area contributed by atoms with Crippen molar-refractivity contribution in [2.24, 2.45) is 0 Å². The van der Waals surface area contributed by atoms with Gasteiger partial charge in [-0.15, -0.1) is 0 Å². The summed E-state index contributed by atoms with van der Waals surface area (Å²) in [5.41, 5.74) is 0.305. The Morgan fingerprint density at radius 2 is 1.78 bits per heavy atom. The van der Waals surface area contributed by atoms with Crippen molar-refractivity contribution in [3.05, 3.63) is 53.6 Å². The third-order valence-electron chi connectivity index (χ3n) is 3.86. The van der Waals surface area contributed by atoms with Crippen LogP contribution in [0.3, 0.4) is 0 Å². The van der Waals surface area contributed by atoms with Crippen molar-refractivity contribution in [1.82, 2.24) is 0 Å². The van der Waals surface area contributed by atoms with Gasteiger partial charge in [-0.3, -0.25) is 4.31 Å².